The Bertz CT molecular complexity index is 764. The third kappa shape index (κ3) is 4.50. The van der Waals surface area contributed by atoms with E-state index in [2.05, 4.69) is 5.32 Å². The van der Waals surface area contributed by atoms with Crippen LogP contribution in [0, 0.1) is 0 Å². The summed E-state index contributed by atoms with van der Waals surface area (Å²) >= 11 is 5.62. The zero-order valence-electron chi connectivity index (χ0n) is 13.0. The van der Waals surface area contributed by atoms with E-state index >= 15 is 0 Å². The van der Waals surface area contributed by atoms with Gasteiger partial charge in [0.1, 0.15) is 0 Å². The summed E-state index contributed by atoms with van der Waals surface area (Å²) in [5, 5.41) is 3.51. The maximum Gasteiger partial charge on any atom is 0.446 e. The standard InChI is InChI=1S/C18H15ClF3NOS/c19-12-7-5-11(6-8-12)13-9-10-15(13)23-17(24)14-3-1-2-4-16(14)25-18(20,21)22/h1-8,13,15H,9-10H2,(H,23,24)/t13-,15-/m0/s1. The highest BCUT2D eigenvalue weighted by Gasteiger charge is 2.35. The SMILES string of the molecule is O=C(N[C@H]1CC[C@H]1c1ccc(Cl)cc1)c1ccccc1SC(F)(F)F. The molecule has 7 heteroatoms. The first-order chi connectivity index (χ1) is 11.8. The fraction of sp³-hybridized carbons (Fsp3) is 0.278. The number of rotatable bonds is 4. The van der Waals surface area contributed by atoms with Gasteiger partial charge in [0.2, 0.25) is 0 Å². The Morgan fingerprint density at radius 2 is 1.76 bits per heavy atom. The van der Waals surface area contributed by atoms with Crippen molar-refractivity contribution >= 4 is 29.3 Å². The average molecular weight is 386 g/mol. The smallest absolute Gasteiger partial charge is 0.349 e. The Morgan fingerprint density at radius 1 is 1.08 bits per heavy atom. The van der Waals surface area contributed by atoms with Gasteiger partial charge in [-0.05, 0) is 54.4 Å². The van der Waals surface area contributed by atoms with E-state index in [-0.39, 0.29) is 34.2 Å². The predicted octanol–water partition coefficient (Wildman–Crippen LogP) is 5.63. The second-order valence-corrected chi connectivity index (χ2v) is 7.40. The highest BCUT2D eigenvalue weighted by molar-refractivity contribution is 8.00. The summed E-state index contributed by atoms with van der Waals surface area (Å²) in [6.45, 7) is 0. The van der Waals surface area contributed by atoms with Crippen LogP contribution in [0.4, 0.5) is 13.2 Å². The quantitative estimate of drug-likeness (QED) is 0.691. The van der Waals surface area contributed by atoms with Gasteiger partial charge in [0.05, 0.1) is 5.56 Å². The van der Waals surface area contributed by atoms with E-state index in [1.54, 1.807) is 18.2 Å². The second kappa shape index (κ2) is 7.30. The van der Waals surface area contributed by atoms with Crippen molar-refractivity contribution in [1.82, 2.24) is 5.32 Å². The van der Waals surface area contributed by atoms with Crippen molar-refractivity contribution < 1.29 is 18.0 Å². The molecule has 1 fully saturated rings. The Morgan fingerprint density at radius 3 is 2.36 bits per heavy atom. The summed E-state index contributed by atoms with van der Waals surface area (Å²) in [5.41, 5.74) is -3.32. The first-order valence-electron chi connectivity index (χ1n) is 7.74. The van der Waals surface area contributed by atoms with Gasteiger partial charge in [-0.2, -0.15) is 13.2 Å². The highest BCUT2D eigenvalue weighted by atomic mass is 35.5. The van der Waals surface area contributed by atoms with Gasteiger partial charge in [-0.25, -0.2) is 0 Å². The number of hydrogen-bond donors (Lipinski definition) is 1. The van der Waals surface area contributed by atoms with Gasteiger partial charge in [-0.1, -0.05) is 35.9 Å². The second-order valence-electron chi connectivity index (χ2n) is 5.86. The summed E-state index contributed by atoms with van der Waals surface area (Å²) in [4.78, 5) is 12.4. The third-order valence-electron chi connectivity index (χ3n) is 4.25. The molecule has 2 aromatic rings. The number of carbonyl (C=O) groups is 1. The molecule has 2 atom stereocenters. The van der Waals surface area contributed by atoms with E-state index in [0.717, 1.165) is 18.4 Å². The molecular formula is C18H15ClF3NOS. The molecule has 0 unspecified atom stereocenters. The van der Waals surface area contributed by atoms with Crippen LogP contribution in [0.1, 0.15) is 34.7 Å². The van der Waals surface area contributed by atoms with Gasteiger partial charge >= 0.3 is 5.51 Å². The molecule has 1 aliphatic rings. The van der Waals surface area contributed by atoms with Gasteiger partial charge in [-0.3, -0.25) is 4.79 Å². The normalized spacial score (nSPS) is 20.0. The lowest BCUT2D eigenvalue weighted by Gasteiger charge is -2.37. The van der Waals surface area contributed by atoms with E-state index < -0.39 is 11.4 Å². The average Bonchev–Trinajstić information content (AvgIpc) is 2.52. The van der Waals surface area contributed by atoms with Crippen molar-refractivity contribution in [2.45, 2.75) is 35.2 Å². The maximum absolute atomic E-state index is 12.7. The van der Waals surface area contributed by atoms with E-state index in [9.17, 15) is 18.0 Å². The van der Waals surface area contributed by atoms with Gasteiger partial charge in [0, 0.05) is 21.9 Å². The van der Waals surface area contributed by atoms with Gasteiger partial charge in [-0.15, -0.1) is 0 Å². The molecule has 0 aliphatic heterocycles. The van der Waals surface area contributed by atoms with E-state index in [4.69, 9.17) is 11.6 Å². The molecule has 2 aromatic carbocycles. The van der Waals surface area contributed by atoms with Crippen LogP contribution in [-0.2, 0) is 0 Å². The molecule has 3 rings (SSSR count). The predicted molar refractivity (Wildman–Crippen MR) is 93.0 cm³/mol. The Kier molecular flexibility index (Phi) is 5.29. The number of carbonyl (C=O) groups excluding carboxylic acids is 1. The zero-order valence-corrected chi connectivity index (χ0v) is 14.6. The van der Waals surface area contributed by atoms with Crippen molar-refractivity contribution in [2.75, 3.05) is 0 Å². The summed E-state index contributed by atoms with van der Waals surface area (Å²) in [5.74, 6) is -0.320. The first kappa shape index (κ1) is 18.1. The van der Waals surface area contributed by atoms with Crippen LogP contribution in [0.3, 0.4) is 0 Å². The third-order valence-corrected chi connectivity index (χ3v) is 5.31. The number of hydrogen-bond acceptors (Lipinski definition) is 2. The lowest BCUT2D eigenvalue weighted by Crippen LogP contribution is -2.45. The lowest BCUT2D eigenvalue weighted by atomic mass is 9.75. The van der Waals surface area contributed by atoms with Crippen molar-refractivity contribution in [3.05, 3.63) is 64.7 Å². The monoisotopic (exact) mass is 385 g/mol. The summed E-state index contributed by atoms with van der Waals surface area (Å²) < 4.78 is 38.0. The number of nitrogens with one attached hydrogen (secondary N) is 1. The van der Waals surface area contributed by atoms with Crippen molar-refractivity contribution in [3.63, 3.8) is 0 Å². The molecule has 2 nitrogen and oxygen atoms in total. The molecule has 0 bridgehead atoms. The largest absolute Gasteiger partial charge is 0.446 e. The number of halogens is 4. The fourth-order valence-electron chi connectivity index (χ4n) is 2.90. The van der Waals surface area contributed by atoms with Crippen LogP contribution in [0.15, 0.2) is 53.4 Å². The molecule has 1 aliphatic carbocycles. The summed E-state index contributed by atoms with van der Waals surface area (Å²) in [6.07, 6.45) is 1.72. The molecule has 1 amide bonds. The first-order valence-corrected chi connectivity index (χ1v) is 8.94. The fourth-order valence-corrected chi connectivity index (χ4v) is 3.69. The minimum atomic E-state index is -4.43. The lowest BCUT2D eigenvalue weighted by molar-refractivity contribution is -0.0328. The molecular weight excluding hydrogens is 371 g/mol. The van der Waals surface area contributed by atoms with E-state index in [1.807, 2.05) is 12.1 Å². The molecule has 0 radical (unpaired) electrons. The van der Waals surface area contributed by atoms with Crippen LogP contribution >= 0.6 is 23.4 Å². The summed E-state index contributed by atoms with van der Waals surface area (Å²) in [6, 6.07) is 13.1. The van der Waals surface area contributed by atoms with Crippen LogP contribution in [0.25, 0.3) is 0 Å². The highest BCUT2D eigenvalue weighted by Crippen LogP contribution is 2.40. The van der Waals surface area contributed by atoms with E-state index in [0.29, 0.717) is 5.02 Å². The zero-order chi connectivity index (χ0) is 18.0. The molecule has 1 N–H and O–H groups in total. The van der Waals surface area contributed by atoms with Crippen molar-refractivity contribution in [3.8, 4) is 0 Å². The molecule has 0 spiro atoms. The number of thioether (sulfide) groups is 1. The topological polar surface area (TPSA) is 29.1 Å². The van der Waals surface area contributed by atoms with Gasteiger partial charge < -0.3 is 5.32 Å². The number of alkyl halides is 3. The number of amides is 1. The summed E-state index contributed by atoms with van der Waals surface area (Å²) in [7, 11) is 0. The van der Waals surface area contributed by atoms with Crippen LogP contribution in [-0.4, -0.2) is 17.5 Å². The molecule has 0 heterocycles. The van der Waals surface area contributed by atoms with Crippen molar-refractivity contribution in [2.24, 2.45) is 0 Å². The van der Waals surface area contributed by atoms with E-state index in [1.165, 1.54) is 18.2 Å². The van der Waals surface area contributed by atoms with Crippen LogP contribution in [0.2, 0.25) is 5.02 Å². The molecule has 25 heavy (non-hydrogen) atoms. The molecule has 0 saturated heterocycles. The molecule has 132 valence electrons. The molecule has 0 aromatic heterocycles. The van der Waals surface area contributed by atoms with Crippen molar-refractivity contribution in [1.29, 1.82) is 0 Å². The Labute approximate surface area is 152 Å². The molecule has 1 saturated carbocycles. The number of benzene rings is 2. The van der Waals surface area contributed by atoms with Crippen LogP contribution < -0.4 is 5.32 Å². The Hall–Kier alpha value is -1.66. The Balaban J connectivity index is 1.71. The minimum absolute atomic E-state index is 0.0478. The van der Waals surface area contributed by atoms with Gasteiger partial charge in [0.15, 0.2) is 0 Å². The van der Waals surface area contributed by atoms with Crippen LogP contribution in [0.5, 0.6) is 0 Å². The van der Waals surface area contributed by atoms with Gasteiger partial charge in [0.25, 0.3) is 5.91 Å². The minimum Gasteiger partial charge on any atom is -0.349 e. The maximum atomic E-state index is 12.7.